The third-order valence-electron chi connectivity index (χ3n) is 4.51. The fourth-order valence-corrected chi connectivity index (χ4v) is 5.13. The van der Waals surface area contributed by atoms with Crippen LogP contribution in [0, 0.1) is 12.8 Å². The molecule has 1 saturated carbocycles. The highest BCUT2D eigenvalue weighted by molar-refractivity contribution is 8.00. The summed E-state index contributed by atoms with van der Waals surface area (Å²) in [7, 11) is 2.09. The molecule has 1 fully saturated rings. The summed E-state index contributed by atoms with van der Waals surface area (Å²) in [5.74, 6) is 0.917. The van der Waals surface area contributed by atoms with E-state index in [-0.39, 0.29) is 0 Å². The molecule has 2 heteroatoms. The predicted molar refractivity (Wildman–Crippen MR) is 91.5 cm³/mol. The van der Waals surface area contributed by atoms with Crippen LogP contribution in [0.4, 0.5) is 0 Å². The van der Waals surface area contributed by atoms with E-state index in [0.717, 1.165) is 11.2 Å². The molecule has 4 atom stereocenters. The van der Waals surface area contributed by atoms with Crippen LogP contribution in [-0.2, 0) is 0 Å². The normalized spacial score (nSPS) is 26.2. The van der Waals surface area contributed by atoms with Crippen molar-refractivity contribution in [2.24, 2.45) is 5.92 Å². The van der Waals surface area contributed by atoms with Crippen LogP contribution in [0.3, 0.4) is 0 Å². The van der Waals surface area contributed by atoms with Gasteiger partial charge in [-0.15, -0.1) is 0 Å². The first-order valence-corrected chi connectivity index (χ1v) is 8.93. The molecule has 1 aliphatic carbocycles. The van der Waals surface area contributed by atoms with E-state index < -0.39 is 0 Å². The Balaban J connectivity index is 1.97. The van der Waals surface area contributed by atoms with Crippen molar-refractivity contribution in [2.75, 3.05) is 7.05 Å². The van der Waals surface area contributed by atoms with Gasteiger partial charge < -0.3 is 5.32 Å². The first-order chi connectivity index (χ1) is 9.60. The first kappa shape index (κ1) is 15.9. The van der Waals surface area contributed by atoms with Crippen LogP contribution >= 0.6 is 11.8 Å². The van der Waals surface area contributed by atoms with Crippen LogP contribution in [0.1, 0.15) is 56.7 Å². The maximum atomic E-state index is 3.52. The van der Waals surface area contributed by atoms with Crippen molar-refractivity contribution >= 4 is 11.8 Å². The van der Waals surface area contributed by atoms with Crippen molar-refractivity contribution in [3.05, 3.63) is 35.4 Å². The van der Waals surface area contributed by atoms with Crippen LogP contribution in [0.25, 0.3) is 0 Å². The van der Waals surface area contributed by atoms with Crippen LogP contribution in [0.2, 0.25) is 0 Å². The molecule has 0 radical (unpaired) electrons. The van der Waals surface area contributed by atoms with Crippen molar-refractivity contribution in [3.8, 4) is 0 Å². The standard InChI is InChI=1S/C18H29NS/c1-13-8-10-16(11-9-13)18(19-4)15(3)20-17-7-5-6-14(2)12-17/h8-11,14-15,17-19H,5-7,12H2,1-4H3. The Hall–Kier alpha value is -0.470. The summed E-state index contributed by atoms with van der Waals surface area (Å²) in [5.41, 5.74) is 2.76. The van der Waals surface area contributed by atoms with E-state index in [1.54, 1.807) is 0 Å². The van der Waals surface area contributed by atoms with E-state index in [2.05, 4.69) is 69.2 Å². The van der Waals surface area contributed by atoms with Gasteiger partial charge in [0.1, 0.15) is 0 Å². The molecule has 1 N–H and O–H groups in total. The SMILES string of the molecule is CNC(c1ccc(C)cc1)C(C)SC1CCCC(C)C1. The molecule has 0 aliphatic heterocycles. The second kappa shape index (κ2) is 7.51. The molecule has 4 unspecified atom stereocenters. The topological polar surface area (TPSA) is 12.0 Å². The molecule has 112 valence electrons. The summed E-state index contributed by atoms with van der Waals surface area (Å²) in [6, 6.07) is 9.45. The molecule has 0 amide bonds. The van der Waals surface area contributed by atoms with Gasteiger partial charge in [-0.05, 0) is 38.3 Å². The largest absolute Gasteiger partial charge is 0.312 e. The maximum Gasteiger partial charge on any atom is 0.0435 e. The van der Waals surface area contributed by atoms with Crippen LogP contribution in [-0.4, -0.2) is 17.5 Å². The zero-order valence-electron chi connectivity index (χ0n) is 13.4. The third kappa shape index (κ3) is 4.26. The van der Waals surface area contributed by atoms with E-state index in [9.17, 15) is 0 Å². The molecule has 0 spiro atoms. The minimum Gasteiger partial charge on any atom is -0.312 e. The second-order valence-corrected chi connectivity index (χ2v) is 8.09. The van der Waals surface area contributed by atoms with Gasteiger partial charge in [-0.2, -0.15) is 11.8 Å². The minimum atomic E-state index is 0.456. The van der Waals surface area contributed by atoms with Gasteiger partial charge in [0.15, 0.2) is 0 Å². The number of thioether (sulfide) groups is 1. The zero-order chi connectivity index (χ0) is 14.5. The number of hydrogen-bond donors (Lipinski definition) is 1. The summed E-state index contributed by atoms with van der Waals surface area (Å²) in [5, 5.41) is 5.00. The quantitative estimate of drug-likeness (QED) is 0.823. The molecule has 1 nitrogen and oxygen atoms in total. The summed E-state index contributed by atoms with van der Waals surface area (Å²) in [6.07, 6.45) is 5.65. The van der Waals surface area contributed by atoms with Gasteiger partial charge >= 0.3 is 0 Å². The number of hydrogen-bond acceptors (Lipinski definition) is 2. The summed E-state index contributed by atoms with van der Waals surface area (Å²) < 4.78 is 0. The smallest absolute Gasteiger partial charge is 0.0435 e. The zero-order valence-corrected chi connectivity index (χ0v) is 14.2. The lowest BCUT2D eigenvalue weighted by Crippen LogP contribution is -2.28. The van der Waals surface area contributed by atoms with Crippen molar-refractivity contribution < 1.29 is 0 Å². The second-order valence-electron chi connectivity index (χ2n) is 6.41. The first-order valence-electron chi connectivity index (χ1n) is 7.99. The van der Waals surface area contributed by atoms with Crippen molar-refractivity contribution in [1.29, 1.82) is 0 Å². The monoisotopic (exact) mass is 291 g/mol. The Bertz CT molecular complexity index is 400. The van der Waals surface area contributed by atoms with Crippen molar-refractivity contribution in [3.63, 3.8) is 0 Å². The number of aryl methyl sites for hydroxylation is 1. The lowest BCUT2D eigenvalue weighted by molar-refractivity contribution is 0.393. The average Bonchev–Trinajstić information content (AvgIpc) is 2.42. The van der Waals surface area contributed by atoms with E-state index in [1.165, 1.54) is 36.8 Å². The molecule has 0 bridgehead atoms. The third-order valence-corrected chi connectivity index (χ3v) is 6.03. The number of benzene rings is 1. The highest BCUT2D eigenvalue weighted by Crippen LogP contribution is 2.37. The number of nitrogens with one attached hydrogen (secondary N) is 1. The molecule has 1 aromatic rings. The van der Waals surface area contributed by atoms with E-state index in [0.29, 0.717) is 11.3 Å². The Kier molecular flexibility index (Phi) is 5.98. The van der Waals surface area contributed by atoms with Gasteiger partial charge in [-0.25, -0.2) is 0 Å². The molecular formula is C18H29NS. The average molecular weight is 292 g/mol. The molecular weight excluding hydrogens is 262 g/mol. The molecule has 0 heterocycles. The maximum absolute atomic E-state index is 3.52. The summed E-state index contributed by atoms with van der Waals surface area (Å²) in [6.45, 7) is 6.94. The van der Waals surface area contributed by atoms with E-state index in [4.69, 9.17) is 0 Å². The predicted octanol–water partition coefficient (Wildman–Crippen LogP) is 4.96. The highest BCUT2D eigenvalue weighted by Gasteiger charge is 2.25. The van der Waals surface area contributed by atoms with Gasteiger partial charge in [0.25, 0.3) is 0 Å². The Morgan fingerprint density at radius 2 is 1.90 bits per heavy atom. The molecule has 0 aromatic heterocycles. The highest BCUT2D eigenvalue weighted by atomic mass is 32.2. The van der Waals surface area contributed by atoms with E-state index in [1.807, 2.05) is 0 Å². The van der Waals surface area contributed by atoms with Crippen molar-refractivity contribution in [2.45, 2.75) is 63.0 Å². The summed E-state index contributed by atoms with van der Waals surface area (Å²) >= 11 is 2.19. The minimum absolute atomic E-state index is 0.456. The van der Waals surface area contributed by atoms with E-state index >= 15 is 0 Å². The van der Waals surface area contributed by atoms with Gasteiger partial charge in [0.2, 0.25) is 0 Å². The van der Waals surface area contributed by atoms with Gasteiger partial charge in [0, 0.05) is 16.5 Å². The molecule has 20 heavy (non-hydrogen) atoms. The van der Waals surface area contributed by atoms with Gasteiger partial charge in [0.05, 0.1) is 0 Å². The lowest BCUT2D eigenvalue weighted by Gasteiger charge is -2.31. The summed E-state index contributed by atoms with van der Waals surface area (Å²) in [4.78, 5) is 0. The molecule has 2 rings (SSSR count). The Labute approximate surface area is 128 Å². The lowest BCUT2D eigenvalue weighted by atomic mass is 9.90. The van der Waals surface area contributed by atoms with Crippen LogP contribution < -0.4 is 5.32 Å². The van der Waals surface area contributed by atoms with Gasteiger partial charge in [-0.3, -0.25) is 0 Å². The number of rotatable bonds is 5. The van der Waals surface area contributed by atoms with Crippen LogP contribution in [0.15, 0.2) is 24.3 Å². The fourth-order valence-electron chi connectivity index (χ4n) is 3.33. The Morgan fingerprint density at radius 1 is 1.20 bits per heavy atom. The van der Waals surface area contributed by atoms with Crippen molar-refractivity contribution in [1.82, 2.24) is 5.32 Å². The van der Waals surface area contributed by atoms with Crippen LogP contribution in [0.5, 0.6) is 0 Å². The van der Waals surface area contributed by atoms with Gasteiger partial charge in [-0.1, -0.05) is 56.5 Å². The molecule has 0 saturated heterocycles. The Morgan fingerprint density at radius 3 is 2.50 bits per heavy atom. The fraction of sp³-hybridized carbons (Fsp3) is 0.667. The molecule has 1 aliphatic rings. The molecule has 1 aromatic carbocycles.